The van der Waals surface area contributed by atoms with E-state index < -0.39 is 74.1 Å². The largest absolute Gasteiger partial charge is 0.416 e. The van der Waals surface area contributed by atoms with Crippen molar-refractivity contribution in [3.8, 4) is 0 Å². The van der Waals surface area contributed by atoms with E-state index in [0.717, 1.165) is 13.0 Å². The second-order valence-corrected chi connectivity index (χ2v) is 7.90. The van der Waals surface area contributed by atoms with Crippen molar-refractivity contribution >= 4 is 32.7 Å². The molecule has 14 heteroatoms. The Hall–Kier alpha value is -3.16. The highest BCUT2D eigenvalue weighted by molar-refractivity contribution is 7.92. The molecule has 10 nitrogen and oxygen atoms in total. The second kappa shape index (κ2) is 7.35. The van der Waals surface area contributed by atoms with Crippen LogP contribution in [0.2, 0.25) is 0 Å². The molecule has 0 fully saturated rings. The Labute approximate surface area is 160 Å². The number of nitrogens with one attached hydrogen (secondary N) is 1. The number of halogens is 3. The molecule has 0 aliphatic carbocycles. The van der Waals surface area contributed by atoms with E-state index in [1.807, 2.05) is 4.98 Å². The van der Waals surface area contributed by atoms with Gasteiger partial charge >= 0.3 is 11.9 Å². The number of H-pyrrole nitrogens is 1. The highest BCUT2D eigenvalue weighted by Gasteiger charge is 2.34. The van der Waals surface area contributed by atoms with E-state index in [0.29, 0.717) is 12.3 Å². The molecule has 29 heavy (non-hydrogen) atoms. The first-order valence-corrected chi connectivity index (χ1v) is 9.68. The monoisotopic (exact) mass is 436 g/mol. The molecule has 0 radical (unpaired) electrons. The van der Waals surface area contributed by atoms with Crippen LogP contribution in [0.5, 0.6) is 0 Å². The molecule has 0 saturated carbocycles. The third kappa shape index (κ3) is 4.47. The number of benzene rings is 1. The van der Waals surface area contributed by atoms with E-state index in [9.17, 15) is 40.8 Å². The van der Waals surface area contributed by atoms with Crippen LogP contribution < -0.4 is 21.4 Å². The van der Waals surface area contributed by atoms with Crippen LogP contribution >= 0.6 is 0 Å². The average Bonchev–Trinajstić information content (AvgIpc) is 2.53. The number of nitrogens with zero attached hydrogens (tertiary/aromatic N) is 2. The summed E-state index contributed by atoms with van der Waals surface area (Å²) in [6.07, 6.45) is -5.21. The molecule has 2 rings (SSSR count). The van der Waals surface area contributed by atoms with Gasteiger partial charge in [0.2, 0.25) is 5.91 Å². The van der Waals surface area contributed by atoms with Crippen LogP contribution in [-0.2, 0) is 32.2 Å². The molecule has 1 aromatic carbocycles. The molecule has 0 aliphatic rings. The van der Waals surface area contributed by atoms with Gasteiger partial charge in [0.15, 0.2) is 0 Å². The highest BCUT2D eigenvalue weighted by Crippen LogP contribution is 2.34. The number of alkyl halides is 3. The SMILES string of the molecule is CC(=O)N(n1c(=O)[nH]c2cc(C(F)(F)F)c(CCC(N)=O)cc2c1=O)S(C)(=O)=O. The summed E-state index contributed by atoms with van der Waals surface area (Å²) in [5.41, 5.74) is 0.00578. The Kier molecular flexibility index (Phi) is 5.61. The van der Waals surface area contributed by atoms with E-state index in [4.69, 9.17) is 5.73 Å². The van der Waals surface area contributed by atoms with Crippen LogP contribution in [0.1, 0.15) is 24.5 Å². The maximum absolute atomic E-state index is 13.3. The minimum absolute atomic E-state index is 0.0227. The lowest BCUT2D eigenvalue weighted by Crippen LogP contribution is -2.55. The van der Waals surface area contributed by atoms with Crippen molar-refractivity contribution in [3.63, 3.8) is 0 Å². The zero-order chi connectivity index (χ0) is 22.3. The summed E-state index contributed by atoms with van der Waals surface area (Å²) in [4.78, 5) is 49.5. The van der Waals surface area contributed by atoms with Gasteiger partial charge in [-0.3, -0.25) is 14.4 Å². The summed E-state index contributed by atoms with van der Waals surface area (Å²) in [7, 11) is -4.41. The van der Waals surface area contributed by atoms with Crippen LogP contribution in [0.3, 0.4) is 0 Å². The molecule has 0 unspecified atom stereocenters. The van der Waals surface area contributed by atoms with Crippen LogP contribution in [-0.4, -0.2) is 36.1 Å². The van der Waals surface area contributed by atoms with Gasteiger partial charge < -0.3 is 10.7 Å². The van der Waals surface area contributed by atoms with Gasteiger partial charge in [0, 0.05) is 13.3 Å². The van der Waals surface area contributed by atoms with Crippen LogP contribution in [0.15, 0.2) is 21.7 Å². The molecule has 0 spiro atoms. The van der Waals surface area contributed by atoms with Gasteiger partial charge in [-0.25, -0.2) is 13.2 Å². The van der Waals surface area contributed by atoms with Gasteiger partial charge in [-0.2, -0.15) is 13.2 Å². The van der Waals surface area contributed by atoms with Crippen LogP contribution in [0.25, 0.3) is 10.9 Å². The standard InChI is InChI=1S/C15H15F3N4O6S/c1-7(23)22(29(2,27)28)21-13(25)9-5-8(3-4-12(19)24)10(15(16,17)18)6-11(9)20-14(21)26/h5-6H,3-4H2,1-2H3,(H2,19,24)(H,20,26). The molecule has 1 aromatic heterocycles. The topological polar surface area (TPSA) is 152 Å². The third-order valence-corrected chi connectivity index (χ3v) is 4.86. The number of sulfonamides is 1. The number of hydrogen-bond donors (Lipinski definition) is 2. The lowest BCUT2D eigenvalue weighted by atomic mass is 9.99. The Morgan fingerprint density at radius 1 is 1.24 bits per heavy atom. The maximum atomic E-state index is 13.3. The summed E-state index contributed by atoms with van der Waals surface area (Å²) in [5.74, 6) is -2.07. The van der Waals surface area contributed by atoms with Crippen molar-refractivity contribution in [2.24, 2.45) is 5.73 Å². The molecular formula is C15H15F3N4O6S. The lowest BCUT2D eigenvalue weighted by molar-refractivity contribution is -0.138. The summed E-state index contributed by atoms with van der Waals surface area (Å²) in [5, 5.41) is -0.494. The predicted octanol–water partition coefficient (Wildman–Crippen LogP) is -0.429. The molecule has 0 atom stereocenters. The van der Waals surface area contributed by atoms with E-state index >= 15 is 0 Å². The van der Waals surface area contributed by atoms with Crippen molar-refractivity contribution in [2.45, 2.75) is 25.9 Å². The Bertz CT molecular complexity index is 1230. The smallest absolute Gasteiger partial charge is 0.370 e. The fourth-order valence-corrected chi connectivity index (χ4v) is 3.63. The number of amides is 2. The quantitative estimate of drug-likeness (QED) is 0.649. The first-order chi connectivity index (χ1) is 13.1. The maximum Gasteiger partial charge on any atom is 0.416 e. The molecular weight excluding hydrogens is 421 g/mol. The van der Waals surface area contributed by atoms with Gasteiger partial charge in [-0.15, -0.1) is 9.09 Å². The number of aromatic nitrogens is 2. The number of carbonyl (C=O) groups excluding carboxylic acids is 2. The zero-order valence-corrected chi connectivity index (χ0v) is 15.8. The summed E-state index contributed by atoms with van der Waals surface area (Å²) >= 11 is 0. The van der Waals surface area contributed by atoms with E-state index in [-0.39, 0.29) is 9.09 Å². The van der Waals surface area contributed by atoms with Gasteiger partial charge in [0.25, 0.3) is 21.5 Å². The van der Waals surface area contributed by atoms with E-state index in [1.165, 1.54) is 0 Å². The minimum Gasteiger partial charge on any atom is -0.370 e. The van der Waals surface area contributed by atoms with Crippen LogP contribution in [0.4, 0.5) is 13.2 Å². The molecule has 3 N–H and O–H groups in total. The lowest BCUT2D eigenvalue weighted by Gasteiger charge is -2.20. The first-order valence-electron chi connectivity index (χ1n) is 7.83. The van der Waals surface area contributed by atoms with Crippen molar-refractivity contribution in [1.82, 2.24) is 9.66 Å². The average molecular weight is 436 g/mol. The fourth-order valence-electron chi connectivity index (χ4n) is 2.72. The number of hydrogen-bond acceptors (Lipinski definition) is 6. The van der Waals surface area contributed by atoms with Crippen LogP contribution in [0, 0.1) is 0 Å². The number of carbonyl (C=O) groups is 2. The van der Waals surface area contributed by atoms with Gasteiger partial charge in [0.05, 0.1) is 22.7 Å². The number of primary amides is 1. The van der Waals surface area contributed by atoms with Crippen molar-refractivity contribution < 1.29 is 31.2 Å². The first kappa shape index (κ1) is 22.1. The Morgan fingerprint density at radius 3 is 2.28 bits per heavy atom. The number of nitrogens with two attached hydrogens (primary N) is 1. The number of fused-ring (bicyclic) bond motifs is 1. The van der Waals surface area contributed by atoms with Gasteiger partial charge in [-0.05, 0) is 24.1 Å². The van der Waals surface area contributed by atoms with Gasteiger partial charge in [-0.1, -0.05) is 0 Å². The summed E-state index contributed by atoms with van der Waals surface area (Å²) < 4.78 is 63.6. The third-order valence-electron chi connectivity index (χ3n) is 3.81. The molecule has 0 aliphatic heterocycles. The number of aromatic amines is 1. The Balaban J connectivity index is 2.92. The molecule has 1 heterocycles. The molecule has 0 bridgehead atoms. The number of aryl methyl sites for hydroxylation is 1. The van der Waals surface area contributed by atoms with E-state index in [2.05, 4.69) is 0 Å². The van der Waals surface area contributed by atoms with E-state index in [1.54, 1.807) is 0 Å². The zero-order valence-electron chi connectivity index (χ0n) is 15.0. The van der Waals surface area contributed by atoms with Crippen molar-refractivity contribution in [3.05, 3.63) is 44.1 Å². The second-order valence-electron chi connectivity index (χ2n) is 6.09. The van der Waals surface area contributed by atoms with Crippen molar-refractivity contribution in [1.29, 1.82) is 0 Å². The molecule has 0 saturated heterocycles. The Morgan fingerprint density at radius 2 is 1.83 bits per heavy atom. The highest BCUT2D eigenvalue weighted by atomic mass is 32.2. The summed E-state index contributed by atoms with van der Waals surface area (Å²) in [6.45, 7) is 0.780. The number of rotatable bonds is 5. The fraction of sp³-hybridized carbons (Fsp3) is 0.333. The normalized spacial score (nSPS) is 12.2. The predicted molar refractivity (Wildman–Crippen MR) is 95.1 cm³/mol. The minimum atomic E-state index is -4.87. The van der Waals surface area contributed by atoms with Gasteiger partial charge in [0.1, 0.15) is 0 Å². The summed E-state index contributed by atoms with van der Waals surface area (Å²) in [6, 6.07) is 1.27. The van der Waals surface area contributed by atoms with Crippen molar-refractivity contribution in [2.75, 3.05) is 10.7 Å². The molecule has 158 valence electrons. The molecule has 2 aromatic rings. The molecule has 2 amide bonds.